The quantitative estimate of drug-likeness (QED) is 0.817. The molecule has 1 unspecified atom stereocenters. The molecule has 0 aliphatic heterocycles. The minimum Gasteiger partial charge on any atom is -0.309 e. The van der Waals surface area contributed by atoms with E-state index in [1.54, 1.807) is 0 Å². The van der Waals surface area contributed by atoms with Crippen molar-refractivity contribution in [2.75, 3.05) is 7.05 Å². The number of hydrogen-bond acceptors (Lipinski definition) is 1. The lowest BCUT2D eigenvalue weighted by molar-refractivity contribution is 0.686. The zero-order chi connectivity index (χ0) is 13.1. The van der Waals surface area contributed by atoms with Crippen LogP contribution >= 0.6 is 22.6 Å². The third-order valence-electron chi connectivity index (χ3n) is 3.45. The van der Waals surface area contributed by atoms with Crippen molar-refractivity contribution in [3.8, 4) is 0 Å². The lowest BCUT2D eigenvalue weighted by Gasteiger charge is -2.20. The summed E-state index contributed by atoms with van der Waals surface area (Å²) in [7, 11) is 2.02. The molecule has 2 aromatic carbocycles. The summed E-state index contributed by atoms with van der Waals surface area (Å²) in [4.78, 5) is 0. The summed E-state index contributed by atoms with van der Waals surface area (Å²) in [6.45, 7) is 4.36. The summed E-state index contributed by atoms with van der Waals surface area (Å²) >= 11 is 2.34. The first-order valence-electron chi connectivity index (χ1n) is 6.12. The van der Waals surface area contributed by atoms with Gasteiger partial charge in [0.15, 0.2) is 0 Å². The van der Waals surface area contributed by atoms with Crippen LogP contribution < -0.4 is 5.32 Å². The Labute approximate surface area is 123 Å². The van der Waals surface area contributed by atoms with Gasteiger partial charge in [0.2, 0.25) is 0 Å². The van der Waals surface area contributed by atoms with E-state index in [1.807, 2.05) is 7.05 Å². The average Bonchev–Trinajstić information content (AvgIpc) is 2.37. The summed E-state index contributed by atoms with van der Waals surface area (Å²) in [6, 6.07) is 15.5. The average molecular weight is 351 g/mol. The Kier molecular flexibility index (Phi) is 4.40. The number of benzene rings is 2. The maximum Gasteiger partial charge on any atom is 0.0577 e. The Morgan fingerprint density at radius 3 is 2.28 bits per heavy atom. The Morgan fingerprint density at radius 2 is 1.67 bits per heavy atom. The molecule has 0 bridgehead atoms. The molecule has 1 N–H and O–H groups in total. The zero-order valence-corrected chi connectivity index (χ0v) is 13.2. The number of aryl methyl sites for hydroxylation is 1. The van der Waals surface area contributed by atoms with Gasteiger partial charge >= 0.3 is 0 Å². The molecule has 0 heterocycles. The molecule has 0 saturated heterocycles. The zero-order valence-electron chi connectivity index (χ0n) is 11.0. The van der Waals surface area contributed by atoms with Crippen LogP contribution in [0.2, 0.25) is 0 Å². The third-order valence-corrected chi connectivity index (χ3v) is 4.17. The highest BCUT2D eigenvalue weighted by molar-refractivity contribution is 14.1. The van der Waals surface area contributed by atoms with Crippen LogP contribution in [0, 0.1) is 17.4 Å². The van der Waals surface area contributed by atoms with Crippen molar-refractivity contribution in [3.63, 3.8) is 0 Å². The van der Waals surface area contributed by atoms with Crippen LogP contribution in [0.1, 0.15) is 28.3 Å². The van der Waals surface area contributed by atoms with Gasteiger partial charge in [-0.05, 0) is 77.9 Å². The van der Waals surface area contributed by atoms with Crippen LogP contribution in [0.15, 0.2) is 42.5 Å². The van der Waals surface area contributed by atoms with Crippen molar-refractivity contribution in [2.24, 2.45) is 0 Å². The first-order chi connectivity index (χ1) is 8.63. The topological polar surface area (TPSA) is 12.0 Å². The predicted molar refractivity (Wildman–Crippen MR) is 86.0 cm³/mol. The molecule has 2 aromatic rings. The molecule has 1 nitrogen and oxygen atoms in total. The fourth-order valence-corrected chi connectivity index (χ4v) is 2.60. The molecular formula is C16H18IN. The fraction of sp³-hybridized carbons (Fsp3) is 0.250. The van der Waals surface area contributed by atoms with E-state index >= 15 is 0 Å². The predicted octanol–water partition coefficient (Wildman–Crippen LogP) is 4.22. The summed E-state index contributed by atoms with van der Waals surface area (Å²) in [6.07, 6.45) is 0. The Bertz CT molecular complexity index is 531. The van der Waals surface area contributed by atoms with Gasteiger partial charge in [-0.25, -0.2) is 0 Å². The van der Waals surface area contributed by atoms with E-state index in [2.05, 4.69) is 84.2 Å². The fourth-order valence-electron chi connectivity index (χ4n) is 2.24. The summed E-state index contributed by atoms with van der Waals surface area (Å²) in [5, 5.41) is 3.42. The molecule has 0 radical (unpaired) electrons. The number of nitrogens with one attached hydrogen (secondary N) is 1. The van der Waals surface area contributed by atoms with Crippen molar-refractivity contribution >= 4 is 22.6 Å². The van der Waals surface area contributed by atoms with E-state index in [1.165, 1.54) is 25.8 Å². The Morgan fingerprint density at radius 1 is 1.00 bits per heavy atom. The van der Waals surface area contributed by atoms with Gasteiger partial charge in [0, 0.05) is 3.57 Å². The van der Waals surface area contributed by atoms with E-state index in [0.717, 1.165) is 0 Å². The highest BCUT2D eigenvalue weighted by atomic mass is 127. The lowest BCUT2D eigenvalue weighted by Crippen LogP contribution is -2.19. The molecule has 18 heavy (non-hydrogen) atoms. The van der Waals surface area contributed by atoms with E-state index in [0.29, 0.717) is 0 Å². The van der Waals surface area contributed by atoms with Crippen molar-refractivity contribution in [2.45, 2.75) is 19.9 Å². The summed E-state index contributed by atoms with van der Waals surface area (Å²) < 4.78 is 1.27. The van der Waals surface area contributed by atoms with Gasteiger partial charge in [-0.3, -0.25) is 0 Å². The van der Waals surface area contributed by atoms with Crippen LogP contribution in [-0.4, -0.2) is 7.05 Å². The minimum atomic E-state index is 0.266. The van der Waals surface area contributed by atoms with Gasteiger partial charge in [0.25, 0.3) is 0 Å². The van der Waals surface area contributed by atoms with Gasteiger partial charge in [-0.15, -0.1) is 0 Å². The van der Waals surface area contributed by atoms with E-state index in [9.17, 15) is 0 Å². The van der Waals surface area contributed by atoms with Crippen molar-refractivity contribution in [3.05, 3.63) is 68.3 Å². The molecule has 0 aromatic heterocycles. The summed E-state index contributed by atoms with van der Waals surface area (Å²) in [5.41, 5.74) is 5.39. The van der Waals surface area contributed by atoms with Crippen LogP contribution in [0.25, 0.3) is 0 Å². The maximum atomic E-state index is 3.42. The molecule has 0 amide bonds. The van der Waals surface area contributed by atoms with Crippen LogP contribution in [0.5, 0.6) is 0 Å². The molecule has 2 rings (SSSR count). The Balaban J connectivity index is 2.45. The van der Waals surface area contributed by atoms with Crippen LogP contribution in [-0.2, 0) is 0 Å². The number of halogens is 1. The second kappa shape index (κ2) is 5.85. The molecule has 0 spiro atoms. The lowest BCUT2D eigenvalue weighted by atomic mass is 9.93. The molecule has 2 heteroatoms. The largest absolute Gasteiger partial charge is 0.309 e. The highest BCUT2D eigenvalue weighted by Gasteiger charge is 2.14. The molecule has 0 fully saturated rings. The summed E-state index contributed by atoms with van der Waals surface area (Å²) in [5.74, 6) is 0. The second-order valence-corrected chi connectivity index (χ2v) is 5.81. The first-order valence-corrected chi connectivity index (χ1v) is 7.20. The molecule has 1 atom stereocenters. The maximum absolute atomic E-state index is 3.42. The Hall–Kier alpha value is -0.870. The van der Waals surface area contributed by atoms with Crippen molar-refractivity contribution in [1.29, 1.82) is 0 Å². The van der Waals surface area contributed by atoms with E-state index < -0.39 is 0 Å². The van der Waals surface area contributed by atoms with Gasteiger partial charge < -0.3 is 5.32 Å². The minimum absolute atomic E-state index is 0.266. The standard InChI is InChI=1S/C16H18IN/c1-11-5-4-6-15(12(11)2)16(18-3)13-7-9-14(17)10-8-13/h4-10,16,18H,1-3H3. The van der Waals surface area contributed by atoms with Crippen LogP contribution in [0.4, 0.5) is 0 Å². The number of rotatable bonds is 3. The van der Waals surface area contributed by atoms with E-state index in [-0.39, 0.29) is 6.04 Å². The molecule has 0 aliphatic carbocycles. The molecule has 0 saturated carbocycles. The first kappa shape index (κ1) is 13.6. The van der Waals surface area contributed by atoms with Gasteiger partial charge in [-0.1, -0.05) is 30.3 Å². The molecule has 0 aliphatic rings. The molecule has 94 valence electrons. The van der Waals surface area contributed by atoms with Crippen molar-refractivity contribution in [1.82, 2.24) is 5.32 Å². The van der Waals surface area contributed by atoms with Gasteiger partial charge in [0.05, 0.1) is 6.04 Å². The van der Waals surface area contributed by atoms with Gasteiger partial charge in [0.1, 0.15) is 0 Å². The normalized spacial score (nSPS) is 12.4. The molecular weight excluding hydrogens is 333 g/mol. The highest BCUT2D eigenvalue weighted by Crippen LogP contribution is 2.26. The SMILES string of the molecule is CNC(c1ccc(I)cc1)c1cccc(C)c1C. The van der Waals surface area contributed by atoms with Gasteiger partial charge in [-0.2, -0.15) is 0 Å². The second-order valence-electron chi connectivity index (χ2n) is 4.56. The number of hydrogen-bond donors (Lipinski definition) is 1. The smallest absolute Gasteiger partial charge is 0.0577 e. The third kappa shape index (κ3) is 2.75. The monoisotopic (exact) mass is 351 g/mol. The van der Waals surface area contributed by atoms with Crippen LogP contribution in [0.3, 0.4) is 0 Å². The van der Waals surface area contributed by atoms with Crippen molar-refractivity contribution < 1.29 is 0 Å². The van der Waals surface area contributed by atoms with E-state index in [4.69, 9.17) is 0 Å².